The van der Waals surface area contributed by atoms with Crippen LogP contribution in [0, 0.1) is 0 Å². The zero-order valence-corrected chi connectivity index (χ0v) is 9.24. The average molecular weight is 231 g/mol. The largest absolute Gasteiger partial charge is 0.448 e. The van der Waals surface area contributed by atoms with Gasteiger partial charge in [0.25, 0.3) is 0 Å². The van der Waals surface area contributed by atoms with E-state index in [4.69, 9.17) is 5.73 Å². The highest BCUT2D eigenvalue weighted by Gasteiger charge is 2.01. The van der Waals surface area contributed by atoms with Gasteiger partial charge in [-0.25, -0.2) is 4.79 Å². The molecule has 2 N–H and O–H groups in total. The Morgan fingerprint density at radius 1 is 1.29 bits per heavy atom. The lowest BCUT2D eigenvalue weighted by Gasteiger charge is -2.01. The molecule has 0 radical (unpaired) electrons. The van der Waals surface area contributed by atoms with E-state index in [1.165, 1.54) is 0 Å². The molecule has 0 aliphatic heterocycles. The Kier molecular flexibility index (Phi) is 3.40. The van der Waals surface area contributed by atoms with E-state index in [-0.39, 0.29) is 6.61 Å². The van der Waals surface area contributed by atoms with Gasteiger partial charge in [-0.1, -0.05) is 30.3 Å². The van der Waals surface area contributed by atoms with Crippen LogP contribution in [-0.2, 0) is 11.3 Å². The number of benzene rings is 1. The Balaban J connectivity index is 1.99. The van der Waals surface area contributed by atoms with E-state index >= 15 is 0 Å². The number of hydrogen-bond donors (Lipinski definition) is 1. The second kappa shape index (κ2) is 5.16. The molecule has 5 nitrogen and oxygen atoms in total. The van der Waals surface area contributed by atoms with Crippen LogP contribution in [0.1, 0.15) is 0 Å². The number of hydrogen-bond acceptors (Lipinski definition) is 3. The zero-order valence-electron chi connectivity index (χ0n) is 9.24. The van der Waals surface area contributed by atoms with E-state index in [2.05, 4.69) is 9.84 Å². The summed E-state index contributed by atoms with van der Waals surface area (Å²) in [7, 11) is 0. The maximum Gasteiger partial charge on any atom is 0.404 e. The van der Waals surface area contributed by atoms with Crippen LogP contribution in [0.25, 0.3) is 11.3 Å². The van der Waals surface area contributed by atoms with Crippen LogP contribution in [0.3, 0.4) is 0 Å². The van der Waals surface area contributed by atoms with Crippen molar-refractivity contribution >= 4 is 6.09 Å². The molecule has 0 saturated carbocycles. The van der Waals surface area contributed by atoms with Crippen LogP contribution in [0.5, 0.6) is 0 Å². The first kappa shape index (κ1) is 11.2. The molecule has 0 bridgehead atoms. The topological polar surface area (TPSA) is 70.1 Å². The molecule has 0 unspecified atom stereocenters. The van der Waals surface area contributed by atoms with E-state index in [0.717, 1.165) is 11.3 Å². The standard InChI is InChI=1S/C12H13N3O2/c13-12(16)17-9-8-15-7-6-11(14-15)10-4-2-1-3-5-10/h1-7H,8-9H2,(H2,13,16). The lowest BCUT2D eigenvalue weighted by atomic mass is 10.2. The maximum absolute atomic E-state index is 10.4. The van der Waals surface area contributed by atoms with Gasteiger partial charge in [-0.3, -0.25) is 4.68 Å². The second-order valence-corrected chi connectivity index (χ2v) is 3.50. The molecule has 0 fully saturated rings. The number of amides is 1. The fraction of sp³-hybridized carbons (Fsp3) is 0.167. The van der Waals surface area contributed by atoms with Crippen molar-refractivity contribution in [1.29, 1.82) is 0 Å². The van der Waals surface area contributed by atoms with Crippen molar-refractivity contribution in [3.05, 3.63) is 42.6 Å². The highest BCUT2D eigenvalue weighted by atomic mass is 16.5. The predicted octanol–water partition coefficient (Wildman–Crippen LogP) is 1.65. The van der Waals surface area contributed by atoms with Crippen LogP contribution in [0.2, 0.25) is 0 Å². The second-order valence-electron chi connectivity index (χ2n) is 3.50. The first-order chi connectivity index (χ1) is 8.25. The van der Waals surface area contributed by atoms with Crippen molar-refractivity contribution < 1.29 is 9.53 Å². The number of aromatic nitrogens is 2. The number of primary amides is 1. The Hall–Kier alpha value is -2.30. The first-order valence-corrected chi connectivity index (χ1v) is 5.27. The molecule has 1 heterocycles. The summed E-state index contributed by atoms with van der Waals surface area (Å²) in [5, 5.41) is 4.36. The van der Waals surface area contributed by atoms with Gasteiger partial charge in [0.2, 0.25) is 0 Å². The van der Waals surface area contributed by atoms with Gasteiger partial charge in [0.15, 0.2) is 0 Å². The van der Waals surface area contributed by atoms with Crippen LogP contribution >= 0.6 is 0 Å². The van der Waals surface area contributed by atoms with Gasteiger partial charge in [0.05, 0.1) is 12.2 Å². The van der Waals surface area contributed by atoms with Gasteiger partial charge in [-0.2, -0.15) is 5.10 Å². The quantitative estimate of drug-likeness (QED) is 0.869. The summed E-state index contributed by atoms with van der Waals surface area (Å²) >= 11 is 0. The van der Waals surface area contributed by atoms with Crippen molar-refractivity contribution in [2.45, 2.75) is 6.54 Å². The minimum atomic E-state index is -0.763. The van der Waals surface area contributed by atoms with Crippen molar-refractivity contribution in [3.8, 4) is 11.3 Å². The van der Waals surface area contributed by atoms with E-state index in [1.54, 1.807) is 4.68 Å². The number of nitrogens with zero attached hydrogens (tertiary/aromatic N) is 2. The lowest BCUT2D eigenvalue weighted by Crippen LogP contribution is -2.16. The van der Waals surface area contributed by atoms with Crippen molar-refractivity contribution in [2.75, 3.05) is 6.61 Å². The molecule has 2 aromatic rings. The van der Waals surface area contributed by atoms with Crippen molar-refractivity contribution in [2.24, 2.45) is 5.73 Å². The SMILES string of the molecule is NC(=O)OCCn1ccc(-c2ccccc2)n1. The normalized spacial score (nSPS) is 10.1. The Bertz CT molecular complexity index is 493. The molecule has 2 rings (SSSR count). The number of carbonyl (C=O) groups excluding carboxylic acids is 1. The number of ether oxygens (including phenoxy) is 1. The third-order valence-electron chi connectivity index (χ3n) is 2.27. The fourth-order valence-corrected chi connectivity index (χ4v) is 1.49. The average Bonchev–Trinajstić information content (AvgIpc) is 2.78. The Morgan fingerprint density at radius 2 is 2.06 bits per heavy atom. The first-order valence-electron chi connectivity index (χ1n) is 5.27. The summed E-state index contributed by atoms with van der Waals surface area (Å²) in [6.45, 7) is 0.723. The van der Waals surface area contributed by atoms with Crippen molar-refractivity contribution in [3.63, 3.8) is 0 Å². The summed E-state index contributed by atoms with van der Waals surface area (Å²) in [6, 6.07) is 11.8. The summed E-state index contributed by atoms with van der Waals surface area (Å²) in [6.07, 6.45) is 1.08. The van der Waals surface area contributed by atoms with E-state index < -0.39 is 6.09 Å². The summed E-state index contributed by atoms with van der Waals surface area (Å²) < 4.78 is 6.35. The smallest absolute Gasteiger partial charge is 0.404 e. The van der Waals surface area contributed by atoms with Gasteiger partial charge < -0.3 is 10.5 Å². The minimum Gasteiger partial charge on any atom is -0.448 e. The van der Waals surface area contributed by atoms with Gasteiger partial charge in [-0.15, -0.1) is 0 Å². The van der Waals surface area contributed by atoms with E-state index in [0.29, 0.717) is 6.54 Å². The third-order valence-corrected chi connectivity index (χ3v) is 2.27. The molecule has 0 aliphatic carbocycles. The summed E-state index contributed by atoms with van der Waals surface area (Å²) in [5.41, 5.74) is 6.81. The van der Waals surface area contributed by atoms with E-state index in [9.17, 15) is 4.79 Å². The molecule has 0 atom stereocenters. The third kappa shape index (κ3) is 3.07. The maximum atomic E-state index is 10.4. The van der Waals surface area contributed by atoms with Gasteiger partial charge >= 0.3 is 6.09 Å². The number of rotatable bonds is 4. The molecule has 0 spiro atoms. The molecule has 0 aliphatic rings. The van der Waals surface area contributed by atoms with Crippen molar-refractivity contribution in [1.82, 2.24) is 9.78 Å². The number of nitrogens with two attached hydrogens (primary N) is 1. The van der Waals surface area contributed by atoms with Crippen LogP contribution in [0.4, 0.5) is 4.79 Å². The minimum absolute atomic E-state index is 0.227. The molecule has 88 valence electrons. The van der Waals surface area contributed by atoms with Gasteiger partial charge in [0, 0.05) is 11.8 Å². The monoisotopic (exact) mass is 231 g/mol. The molecule has 1 amide bonds. The highest BCUT2D eigenvalue weighted by molar-refractivity contribution is 5.64. The van der Waals surface area contributed by atoms with Crippen LogP contribution in [-0.4, -0.2) is 22.5 Å². The zero-order chi connectivity index (χ0) is 12.1. The summed E-state index contributed by atoms with van der Waals surface area (Å²) in [5.74, 6) is 0. The molecule has 17 heavy (non-hydrogen) atoms. The molecule has 5 heteroatoms. The van der Waals surface area contributed by atoms with Gasteiger partial charge in [0.1, 0.15) is 6.61 Å². The molecule has 0 saturated heterocycles. The molecule has 1 aromatic carbocycles. The fourth-order valence-electron chi connectivity index (χ4n) is 1.49. The summed E-state index contributed by atoms with van der Waals surface area (Å²) in [4.78, 5) is 10.4. The van der Waals surface area contributed by atoms with Crippen LogP contribution < -0.4 is 5.73 Å². The van der Waals surface area contributed by atoms with E-state index in [1.807, 2.05) is 42.6 Å². The molecular formula is C12H13N3O2. The van der Waals surface area contributed by atoms with Gasteiger partial charge in [-0.05, 0) is 6.07 Å². The van der Waals surface area contributed by atoms with Crippen LogP contribution in [0.15, 0.2) is 42.6 Å². The highest BCUT2D eigenvalue weighted by Crippen LogP contribution is 2.15. The molecule has 1 aromatic heterocycles. The lowest BCUT2D eigenvalue weighted by molar-refractivity contribution is 0.151. The Morgan fingerprint density at radius 3 is 2.76 bits per heavy atom. The Labute approximate surface area is 98.8 Å². The molecular weight excluding hydrogens is 218 g/mol. The predicted molar refractivity (Wildman–Crippen MR) is 63.2 cm³/mol. The number of carbonyl (C=O) groups is 1.